The molecule has 2 heterocycles. The average molecular weight is 293 g/mol. The maximum Gasteiger partial charge on any atom is 0.127 e. The van der Waals surface area contributed by atoms with E-state index < -0.39 is 0 Å². The van der Waals surface area contributed by atoms with Gasteiger partial charge in [0.15, 0.2) is 0 Å². The van der Waals surface area contributed by atoms with Crippen molar-refractivity contribution in [1.29, 1.82) is 0 Å². The highest BCUT2D eigenvalue weighted by molar-refractivity contribution is 6.20. The van der Waals surface area contributed by atoms with Crippen LogP contribution in [0.2, 0.25) is 0 Å². The average Bonchev–Trinajstić information content (AvgIpc) is 2.96. The SMILES string of the molecule is Cc1cccc2c1nc(C(C)Cl)n2CC1CCOC1C. The van der Waals surface area contributed by atoms with E-state index in [1.807, 2.05) is 6.92 Å². The summed E-state index contributed by atoms with van der Waals surface area (Å²) >= 11 is 6.34. The lowest BCUT2D eigenvalue weighted by Crippen LogP contribution is -2.19. The van der Waals surface area contributed by atoms with E-state index in [0.29, 0.717) is 12.0 Å². The highest BCUT2D eigenvalue weighted by Gasteiger charge is 2.27. The van der Waals surface area contributed by atoms with Crippen LogP contribution in [0.5, 0.6) is 0 Å². The number of aromatic nitrogens is 2. The van der Waals surface area contributed by atoms with Gasteiger partial charge in [-0.15, -0.1) is 11.6 Å². The van der Waals surface area contributed by atoms with Gasteiger partial charge in [-0.25, -0.2) is 4.98 Å². The van der Waals surface area contributed by atoms with Gasteiger partial charge in [0, 0.05) is 19.1 Å². The third kappa shape index (κ3) is 2.33. The molecule has 0 saturated carbocycles. The first-order valence-electron chi connectivity index (χ1n) is 7.29. The van der Waals surface area contributed by atoms with Crippen LogP contribution in [0.25, 0.3) is 11.0 Å². The summed E-state index contributed by atoms with van der Waals surface area (Å²) in [6.45, 7) is 8.05. The van der Waals surface area contributed by atoms with Crippen LogP contribution in [0, 0.1) is 12.8 Å². The van der Waals surface area contributed by atoms with Crippen molar-refractivity contribution in [2.24, 2.45) is 5.92 Å². The number of hydrogen-bond acceptors (Lipinski definition) is 2. The predicted octanol–water partition coefficient (Wildman–Crippen LogP) is 4.07. The molecule has 1 saturated heterocycles. The molecular formula is C16H21ClN2O. The molecule has 3 atom stereocenters. The zero-order valence-corrected chi connectivity index (χ0v) is 13.0. The Morgan fingerprint density at radius 2 is 2.30 bits per heavy atom. The molecule has 0 amide bonds. The zero-order valence-electron chi connectivity index (χ0n) is 12.3. The molecule has 3 unspecified atom stereocenters. The van der Waals surface area contributed by atoms with Crippen molar-refractivity contribution < 1.29 is 4.74 Å². The van der Waals surface area contributed by atoms with Crippen molar-refractivity contribution in [1.82, 2.24) is 9.55 Å². The Kier molecular flexibility index (Phi) is 3.74. The van der Waals surface area contributed by atoms with Crippen molar-refractivity contribution >= 4 is 22.6 Å². The lowest BCUT2D eigenvalue weighted by atomic mass is 10.0. The summed E-state index contributed by atoms with van der Waals surface area (Å²) in [5.41, 5.74) is 3.46. The molecular weight excluding hydrogens is 272 g/mol. The first kappa shape index (κ1) is 13.9. The summed E-state index contributed by atoms with van der Waals surface area (Å²) in [6.07, 6.45) is 1.43. The summed E-state index contributed by atoms with van der Waals surface area (Å²) in [5, 5.41) is -0.0839. The Balaban J connectivity index is 2.07. The standard InChI is InChI=1S/C16H21ClN2O/c1-10-5-4-6-14-15(10)18-16(11(2)17)19(14)9-13-7-8-20-12(13)3/h4-6,11-13H,7-9H2,1-3H3. The Hall–Kier alpha value is -1.06. The molecule has 0 bridgehead atoms. The molecule has 1 aliphatic rings. The van der Waals surface area contributed by atoms with E-state index in [4.69, 9.17) is 21.3 Å². The van der Waals surface area contributed by atoms with Crippen molar-refractivity contribution in [3.8, 4) is 0 Å². The van der Waals surface area contributed by atoms with Crippen molar-refractivity contribution in [3.05, 3.63) is 29.6 Å². The Bertz CT molecular complexity index is 620. The van der Waals surface area contributed by atoms with E-state index in [-0.39, 0.29) is 5.38 Å². The van der Waals surface area contributed by atoms with E-state index in [9.17, 15) is 0 Å². The van der Waals surface area contributed by atoms with Gasteiger partial charge in [0.1, 0.15) is 5.82 Å². The van der Waals surface area contributed by atoms with Crippen LogP contribution in [-0.2, 0) is 11.3 Å². The molecule has 3 nitrogen and oxygen atoms in total. The van der Waals surface area contributed by atoms with E-state index in [1.54, 1.807) is 0 Å². The van der Waals surface area contributed by atoms with Crippen LogP contribution in [0.3, 0.4) is 0 Å². The monoisotopic (exact) mass is 292 g/mol. The summed E-state index contributed by atoms with van der Waals surface area (Å²) in [4.78, 5) is 4.77. The topological polar surface area (TPSA) is 27.1 Å². The number of imidazole rings is 1. The smallest absolute Gasteiger partial charge is 0.127 e. The first-order valence-corrected chi connectivity index (χ1v) is 7.73. The molecule has 0 radical (unpaired) electrons. The van der Waals surface area contributed by atoms with E-state index in [1.165, 1.54) is 11.1 Å². The van der Waals surface area contributed by atoms with Gasteiger partial charge in [-0.3, -0.25) is 0 Å². The van der Waals surface area contributed by atoms with Gasteiger partial charge in [0.2, 0.25) is 0 Å². The summed E-state index contributed by atoms with van der Waals surface area (Å²) in [7, 11) is 0. The number of rotatable bonds is 3. The number of halogens is 1. The largest absolute Gasteiger partial charge is 0.378 e. The number of alkyl halides is 1. The maximum atomic E-state index is 6.34. The predicted molar refractivity (Wildman–Crippen MR) is 82.3 cm³/mol. The van der Waals surface area contributed by atoms with E-state index in [0.717, 1.165) is 30.9 Å². The summed E-state index contributed by atoms with van der Waals surface area (Å²) in [6, 6.07) is 6.33. The van der Waals surface area contributed by atoms with Crippen LogP contribution < -0.4 is 0 Å². The minimum atomic E-state index is -0.0839. The number of ether oxygens (including phenoxy) is 1. The number of fused-ring (bicyclic) bond motifs is 1. The molecule has 1 aliphatic heterocycles. The van der Waals surface area contributed by atoms with Crippen molar-refractivity contribution in [2.45, 2.75) is 45.2 Å². The zero-order chi connectivity index (χ0) is 14.3. The molecule has 3 rings (SSSR count). The summed E-state index contributed by atoms with van der Waals surface area (Å²) in [5.74, 6) is 1.51. The Morgan fingerprint density at radius 3 is 2.95 bits per heavy atom. The van der Waals surface area contributed by atoms with Gasteiger partial charge < -0.3 is 9.30 Å². The second kappa shape index (κ2) is 5.38. The quantitative estimate of drug-likeness (QED) is 0.797. The van der Waals surface area contributed by atoms with Crippen LogP contribution in [0.15, 0.2) is 18.2 Å². The fourth-order valence-electron chi connectivity index (χ4n) is 3.05. The molecule has 0 aliphatic carbocycles. The third-order valence-corrected chi connectivity index (χ3v) is 4.51. The van der Waals surface area contributed by atoms with Crippen LogP contribution in [0.4, 0.5) is 0 Å². The number of aryl methyl sites for hydroxylation is 1. The molecule has 1 aromatic heterocycles. The van der Waals surface area contributed by atoms with Crippen LogP contribution in [0.1, 0.15) is 37.0 Å². The number of para-hydroxylation sites is 1. The number of nitrogens with zero attached hydrogens (tertiary/aromatic N) is 2. The first-order chi connectivity index (χ1) is 9.58. The molecule has 0 N–H and O–H groups in total. The number of hydrogen-bond donors (Lipinski definition) is 0. The van der Waals surface area contributed by atoms with E-state index >= 15 is 0 Å². The normalized spacial score (nSPS) is 24.4. The van der Waals surface area contributed by atoms with E-state index in [2.05, 4.69) is 36.6 Å². The van der Waals surface area contributed by atoms with Gasteiger partial charge in [-0.1, -0.05) is 12.1 Å². The molecule has 2 aromatic rings. The molecule has 1 aromatic carbocycles. The fourth-order valence-corrected chi connectivity index (χ4v) is 3.22. The summed E-state index contributed by atoms with van der Waals surface area (Å²) < 4.78 is 7.97. The van der Waals surface area contributed by atoms with Crippen LogP contribution in [-0.4, -0.2) is 22.3 Å². The van der Waals surface area contributed by atoms with Gasteiger partial charge in [0.05, 0.1) is 22.5 Å². The second-order valence-electron chi connectivity index (χ2n) is 5.76. The minimum Gasteiger partial charge on any atom is -0.378 e. The molecule has 108 valence electrons. The third-order valence-electron chi connectivity index (χ3n) is 4.32. The lowest BCUT2D eigenvalue weighted by Gasteiger charge is -2.18. The minimum absolute atomic E-state index is 0.0839. The Morgan fingerprint density at radius 1 is 1.50 bits per heavy atom. The molecule has 1 fully saturated rings. The maximum absolute atomic E-state index is 6.34. The second-order valence-corrected chi connectivity index (χ2v) is 6.42. The van der Waals surface area contributed by atoms with Crippen molar-refractivity contribution in [2.75, 3.05) is 6.61 Å². The lowest BCUT2D eigenvalue weighted by molar-refractivity contribution is 0.102. The Labute approximate surface area is 124 Å². The highest BCUT2D eigenvalue weighted by Crippen LogP contribution is 2.30. The van der Waals surface area contributed by atoms with Gasteiger partial charge in [-0.05, 0) is 38.8 Å². The molecule has 4 heteroatoms. The number of benzene rings is 1. The molecule has 20 heavy (non-hydrogen) atoms. The van der Waals surface area contributed by atoms with Gasteiger partial charge >= 0.3 is 0 Å². The van der Waals surface area contributed by atoms with Crippen LogP contribution >= 0.6 is 11.6 Å². The highest BCUT2D eigenvalue weighted by atomic mass is 35.5. The van der Waals surface area contributed by atoms with Gasteiger partial charge in [-0.2, -0.15) is 0 Å². The fraction of sp³-hybridized carbons (Fsp3) is 0.562. The molecule has 0 spiro atoms. The van der Waals surface area contributed by atoms with Crippen molar-refractivity contribution in [3.63, 3.8) is 0 Å². The van der Waals surface area contributed by atoms with Gasteiger partial charge in [0.25, 0.3) is 0 Å².